The van der Waals surface area contributed by atoms with E-state index in [1.54, 1.807) is 0 Å². The van der Waals surface area contributed by atoms with E-state index in [4.69, 9.17) is 4.42 Å². The lowest BCUT2D eigenvalue weighted by Crippen LogP contribution is -2.30. The molecule has 0 unspecified atom stereocenters. The number of benzene rings is 1. The Bertz CT molecular complexity index is 570. The molecule has 0 atom stereocenters. The molecule has 0 fully saturated rings. The highest BCUT2D eigenvalue weighted by Crippen LogP contribution is 2.05. The monoisotopic (exact) mass is 275 g/mol. The van der Waals surface area contributed by atoms with E-state index in [2.05, 4.69) is 23.8 Å². The molecule has 0 saturated carbocycles. The summed E-state index contributed by atoms with van der Waals surface area (Å²) in [5, 5.41) is 4.26. The van der Waals surface area contributed by atoms with E-state index in [9.17, 15) is 4.79 Å². The fraction of sp³-hybridized carbons (Fsp3) is 0.467. The predicted molar refractivity (Wildman–Crippen MR) is 77.8 cm³/mol. The molecular formula is C15H21N3O2. The molecule has 5 nitrogen and oxygen atoms in total. The van der Waals surface area contributed by atoms with Crippen molar-refractivity contribution in [1.29, 1.82) is 0 Å². The number of rotatable bonds is 7. The van der Waals surface area contributed by atoms with Crippen molar-refractivity contribution < 1.29 is 4.42 Å². The highest BCUT2D eigenvalue weighted by molar-refractivity contribution is 5.17. The zero-order valence-electron chi connectivity index (χ0n) is 12.1. The largest absolute Gasteiger partial charge is 0.437 e. The summed E-state index contributed by atoms with van der Waals surface area (Å²) >= 11 is 0. The van der Waals surface area contributed by atoms with Crippen LogP contribution in [0, 0.1) is 0 Å². The van der Waals surface area contributed by atoms with Crippen molar-refractivity contribution in [2.24, 2.45) is 0 Å². The quantitative estimate of drug-likeness (QED) is 0.772. The third-order valence-electron chi connectivity index (χ3n) is 3.37. The third kappa shape index (κ3) is 3.81. The molecule has 5 heteroatoms. The van der Waals surface area contributed by atoms with Gasteiger partial charge in [-0.3, -0.25) is 0 Å². The molecule has 0 saturated heterocycles. The molecular weight excluding hydrogens is 254 g/mol. The average molecular weight is 275 g/mol. The van der Waals surface area contributed by atoms with Crippen LogP contribution in [0.25, 0.3) is 0 Å². The van der Waals surface area contributed by atoms with Crippen molar-refractivity contribution in [2.75, 3.05) is 19.6 Å². The van der Waals surface area contributed by atoms with Crippen LogP contribution < -0.4 is 5.76 Å². The van der Waals surface area contributed by atoms with Gasteiger partial charge in [-0.2, -0.15) is 4.68 Å². The number of aromatic nitrogens is 2. The number of hydrogen-bond acceptors (Lipinski definition) is 4. The van der Waals surface area contributed by atoms with Crippen LogP contribution in [-0.2, 0) is 13.0 Å². The van der Waals surface area contributed by atoms with E-state index in [1.165, 1.54) is 4.68 Å². The molecule has 2 aromatic rings. The van der Waals surface area contributed by atoms with Crippen molar-refractivity contribution in [2.45, 2.75) is 26.8 Å². The maximum absolute atomic E-state index is 11.7. The summed E-state index contributed by atoms with van der Waals surface area (Å²) in [5.41, 5.74) is 1.09. The minimum Gasteiger partial charge on any atom is -0.392 e. The van der Waals surface area contributed by atoms with Gasteiger partial charge in [0.2, 0.25) is 5.89 Å². The van der Waals surface area contributed by atoms with Gasteiger partial charge in [0.1, 0.15) is 0 Å². The van der Waals surface area contributed by atoms with Crippen molar-refractivity contribution in [3.05, 3.63) is 52.3 Å². The molecule has 108 valence electrons. The van der Waals surface area contributed by atoms with Gasteiger partial charge >= 0.3 is 5.76 Å². The van der Waals surface area contributed by atoms with Gasteiger partial charge in [-0.1, -0.05) is 44.2 Å². The number of nitrogens with zero attached hydrogens (tertiary/aromatic N) is 3. The second kappa shape index (κ2) is 7.05. The minimum atomic E-state index is -0.372. The Balaban J connectivity index is 2.00. The van der Waals surface area contributed by atoms with Crippen LogP contribution in [-0.4, -0.2) is 34.3 Å². The average Bonchev–Trinajstić information content (AvgIpc) is 2.81. The molecule has 0 bridgehead atoms. The van der Waals surface area contributed by atoms with Crippen LogP contribution in [0.5, 0.6) is 0 Å². The first-order chi connectivity index (χ1) is 9.72. The molecule has 0 aliphatic heterocycles. The Morgan fingerprint density at radius 2 is 1.90 bits per heavy atom. The molecule has 1 aromatic heterocycles. The standard InChI is InChI=1S/C15H21N3O2/c1-3-17(4-2)10-11-18-15(19)20-14(16-18)12-13-8-6-5-7-9-13/h5-9H,3-4,10-12H2,1-2H3. The minimum absolute atomic E-state index is 0.372. The van der Waals surface area contributed by atoms with E-state index in [0.29, 0.717) is 18.9 Å². The molecule has 0 radical (unpaired) electrons. The Kier molecular flexibility index (Phi) is 5.12. The molecule has 0 N–H and O–H groups in total. The lowest BCUT2D eigenvalue weighted by Gasteiger charge is -2.16. The molecule has 0 amide bonds. The van der Waals surface area contributed by atoms with Crippen LogP contribution in [0.15, 0.2) is 39.5 Å². The first kappa shape index (κ1) is 14.5. The molecule has 1 heterocycles. The lowest BCUT2D eigenvalue weighted by molar-refractivity contribution is 0.281. The lowest BCUT2D eigenvalue weighted by atomic mass is 10.2. The number of likely N-dealkylation sites (N-methyl/N-ethyl adjacent to an activating group) is 1. The van der Waals surface area contributed by atoms with Crippen molar-refractivity contribution in [3.8, 4) is 0 Å². The molecule has 0 spiro atoms. The van der Waals surface area contributed by atoms with Gasteiger partial charge in [0, 0.05) is 6.54 Å². The van der Waals surface area contributed by atoms with Crippen LogP contribution in [0.1, 0.15) is 25.3 Å². The van der Waals surface area contributed by atoms with E-state index in [0.717, 1.165) is 25.2 Å². The summed E-state index contributed by atoms with van der Waals surface area (Å²) in [6.07, 6.45) is 0.550. The van der Waals surface area contributed by atoms with Gasteiger partial charge in [0.15, 0.2) is 0 Å². The Hall–Kier alpha value is -1.88. The summed E-state index contributed by atoms with van der Waals surface area (Å²) in [7, 11) is 0. The van der Waals surface area contributed by atoms with Crippen LogP contribution >= 0.6 is 0 Å². The highest BCUT2D eigenvalue weighted by Gasteiger charge is 2.09. The fourth-order valence-corrected chi connectivity index (χ4v) is 2.11. The smallest absolute Gasteiger partial charge is 0.392 e. The molecule has 1 aromatic carbocycles. The highest BCUT2D eigenvalue weighted by atomic mass is 16.4. The van der Waals surface area contributed by atoms with Gasteiger partial charge in [0.05, 0.1) is 13.0 Å². The first-order valence-electron chi connectivity index (χ1n) is 7.06. The van der Waals surface area contributed by atoms with E-state index in [1.807, 2.05) is 30.3 Å². The first-order valence-corrected chi connectivity index (χ1v) is 7.06. The van der Waals surface area contributed by atoms with Crippen molar-refractivity contribution in [3.63, 3.8) is 0 Å². The predicted octanol–water partition coefficient (Wildman–Crippen LogP) is 1.77. The molecule has 0 aliphatic carbocycles. The molecule has 20 heavy (non-hydrogen) atoms. The Morgan fingerprint density at radius 1 is 1.20 bits per heavy atom. The summed E-state index contributed by atoms with van der Waals surface area (Å²) in [6.45, 7) is 7.54. The Labute approximate surface area is 118 Å². The third-order valence-corrected chi connectivity index (χ3v) is 3.37. The van der Waals surface area contributed by atoms with Gasteiger partial charge in [-0.25, -0.2) is 4.79 Å². The maximum Gasteiger partial charge on any atom is 0.437 e. The summed E-state index contributed by atoms with van der Waals surface area (Å²) < 4.78 is 6.61. The number of hydrogen-bond donors (Lipinski definition) is 0. The van der Waals surface area contributed by atoms with E-state index < -0.39 is 0 Å². The summed E-state index contributed by atoms with van der Waals surface area (Å²) in [5.74, 6) is 0.101. The Morgan fingerprint density at radius 3 is 2.55 bits per heavy atom. The second-order valence-corrected chi connectivity index (χ2v) is 4.67. The maximum atomic E-state index is 11.7. The SMILES string of the molecule is CCN(CC)CCn1nc(Cc2ccccc2)oc1=O. The zero-order chi connectivity index (χ0) is 14.4. The van der Waals surface area contributed by atoms with Gasteiger partial charge in [-0.15, -0.1) is 5.10 Å². The fourth-order valence-electron chi connectivity index (χ4n) is 2.11. The van der Waals surface area contributed by atoms with Crippen LogP contribution in [0.3, 0.4) is 0 Å². The van der Waals surface area contributed by atoms with E-state index in [-0.39, 0.29) is 5.76 Å². The van der Waals surface area contributed by atoms with Crippen LogP contribution in [0.2, 0.25) is 0 Å². The van der Waals surface area contributed by atoms with Crippen molar-refractivity contribution >= 4 is 0 Å². The van der Waals surface area contributed by atoms with Gasteiger partial charge in [-0.05, 0) is 18.7 Å². The van der Waals surface area contributed by atoms with Crippen LogP contribution in [0.4, 0.5) is 0 Å². The summed E-state index contributed by atoms with van der Waals surface area (Å²) in [6, 6.07) is 9.88. The van der Waals surface area contributed by atoms with Gasteiger partial charge in [0.25, 0.3) is 0 Å². The van der Waals surface area contributed by atoms with Gasteiger partial charge < -0.3 is 9.32 Å². The zero-order valence-corrected chi connectivity index (χ0v) is 12.1. The second-order valence-electron chi connectivity index (χ2n) is 4.67. The topological polar surface area (TPSA) is 51.3 Å². The molecule has 0 aliphatic rings. The van der Waals surface area contributed by atoms with Crippen molar-refractivity contribution in [1.82, 2.24) is 14.7 Å². The van der Waals surface area contributed by atoms with E-state index >= 15 is 0 Å². The summed E-state index contributed by atoms with van der Waals surface area (Å²) in [4.78, 5) is 14.0. The molecule has 2 rings (SSSR count). The normalized spacial score (nSPS) is 11.2.